The first-order chi connectivity index (χ1) is 6.05. The SMILES string of the molecule is C=C(C)C1(N)CC(C)C2CCCC21. The van der Waals surface area contributed by atoms with Gasteiger partial charge in [0.25, 0.3) is 0 Å². The second kappa shape index (κ2) is 2.84. The molecule has 0 heterocycles. The lowest BCUT2D eigenvalue weighted by molar-refractivity contribution is 0.328. The van der Waals surface area contributed by atoms with Gasteiger partial charge in [-0.3, -0.25) is 0 Å². The first kappa shape index (κ1) is 9.26. The fourth-order valence-electron chi connectivity index (χ4n) is 3.64. The average molecular weight is 179 g/mol. The Morgan fingerprint density at radius 1 is 1.46 bits per heavy atom. The molecule has 0 bridgehead atoms. The van der Waals surface area contributed by atoms with E-state index in [1.165, 1.54) is 24.8 Å². The first-order valence-corrected chi connectivity index (χ1v) is 5.50. The molecule has 2 fully saturated rings. The van der Waals surface area contributed by atoms with Crippen molar-refractivity contribution >= 4 is 0 Å². The number of hydrogen-bond acceptors (Lipinski definition) is 1. The van der Waals surface area contributed by atoms with E-state index in [2.05, 4.69) is 20.4 Å². The molecular weight excluding hydrogens is 158 g/mol. The summed E-state index contributed by atoms with van der Waals surface area (Å²) in [7, 11) is 0. The van der Waals surface area contributed by atoms with Crippen molar-refractivity contribution in [3.05, 3.63) is 12.2 Å². The summed E-state index contributed by atoms with van der Waals surface area (Å²) >= 11 is 0. The average Bonchev–Trinajstić information content (AvgIpc) is 2.57. The van der Waals surface area contributed by atoms with E-state index in [4.69, 9.17) is 5.73 Å². The van der Waals surface area contributed by atoms with E-state index in [9.17, 15) is 0 Å². The van der Waals surface area contributed by atoms with Crippen molar-refractivity contribution in [1.82, 2.24) is 0 Å². The van der Waals surface area contributed by atoms with E-state index in [-0.39, 0.29) is 5.54 Å². The Hall–Kier alpha value is -0.300. The number of hydrogen-bond donors (Lipinski definition) is 1. The van der Waals surface area contributed by atoms with Crippen molar-refractivity contribution in [3.63, 3.8) is 0 Å². The molecule has 0 aliphatic heterocycles. The molecule has 0 radical (unpaired) electrons. The fraction of sp³-hybridized carbons (Fsp3) is 0.833. The molecule has 0 amide bonds. The Bertz CT molecular complexity index is 233. The van der Waals surface area contributed by atoms with Gasteiger partial charge in [0, 0.05) is 5.54 Å². The third-order valence-electron chi connectivity index (χ3n) is 4.42. The summed E-state index contributed by atoms with van der Waals surface area (Å²) in [6, 6.07) is 0. The van der Waals surface area contributed by atoms with E-state index >= 15 is 0 Å². The minimum atomic E-state index is -0.0272. The molecular formula is C12H21N. The van der Waals surface area contributed by atoms with Crippen molar-refractivity contribution in [3.8, 4) is 0 Å². The largest absolute Gasteiger partial charge is 0.321 e. The van der Waals surface area contributed by atoms with Crippen molar-refractivity contribution < 1.29 is 0 Å². The minimum absolute atomic E-state index is 0.0272. The highest BCUT2D eigenvalue weighted by Gasteiger charge is 2.51. The molecule has 2 rings (SSSR count). The van der Waals surface area contributed by atoms with Gasteiger partial charge in [0.2, 0.25) is 0 Å². The standard InChI is InChI=1S/C12H21N/c1-8(2)12(13)7-9(3)10-5-4-6-11(10)12/h9-11H,1,4-7,13H2,2-3H3. The van der Waals surface area contributed by atoms with Crippen LogP contribution in [0.15, 0.2) is 12.2 Å². The van der Waals surface area contributed by atoms with Crippen LogP contribution in [0.4, 0.5) is 0 Å². The van der Waals surface area contributed by atoms with Crippen LogP contribution in [0, 0.1) is 17.8 Å². The zero-order valence-corrected chi connectivity index (χ0v) is 8.84. The molecule has 0 spiro atoms. The van der Waals surface area contributed by atoms with Gasteiger partial charge in [-0.2, -0.15) is 0 Å². The van der Waals surface area contributed by atoms with Crippen LogP contribution in [0.1, 0.15) is 39.5 Å². The Morgan fingerprint density at radius 2 is 2.15 bits per heavy atom. The van der Waals surface area contributed by atoms with Crippen LogP contribution >= 0.6 is 0 Å². The van der Waals surface area contributed by atoms with E-state index in [1.54, 1.807) is 0 Å². The van der Waals surface area contributed by atoms with Gasteiger partial charge in [-0.15, -0.1) is 0 Å². The maximum atomic E-state index is 6.48. The summed E-state index contributed by atoms with van der Waals surface area (Å²) < 4.78 is 0. The molecule has 0 saturated heterocycles. The van der Waals surface area contributed by atoms with Crippen molar-refractivity contribution in [2.24, 2.45) is 23.5 Å². The molecule has 2 aliphatic carbocycles. The van der Waals surface area contributed by atoms with Gasteiger partial charge < -0.3 is 5.73 Å². The third kappa shape index (κ3) is 1.17. The molecule has 13 heavy (non-hydrogen) atoms. The predicted octanol–water partition coefficient (Wildman–Crippen LogP) is 2.72. The summed E-state index contributed by atoms with van der Waals surface area (Å²) in [6.45, 7) is 8.54. The molecule has 4 atom stereocenters. The van der Waals surface area contributed by atoms with Gasteiger partial charge in [-0.05, 0) is 43.9 Å². The molecule has 0 aromatic heterocycles. The van der Waals surface area contributed by atoms with Crippen LogP contribution in [-0.4, -0.2) is 5.54 Å². The van der Waals surface area contributed by atoms with Crippen LogP contribution in [0.25, 0.3) is 0 Å². The molecule has 1 heteroatoms. The topological polar surface area (TPSA) is 26.0 Å². The highest BCUT2D eigenvalue weighted by atomic mass is 14.8. The molecule has 2 saturated carbocycles. The molecule has 0 aromatic rings. The Kier molecular flexibility index (Phi) is 2.03. The van der Waals surface area contributed by atoms with Crippen LogP contribution in [0.5, 0.6) is 0 Å². The molecule has 2 aliphatic rings. The zero-order valence-electron chi connectivity index (χ0n) is 8.84. The molecule has 4 unspecified atom stereocenters. The summed E-state index contributed by atoms with van der Waals surface area (Å²) in [6.07, 6.45) is 5.28. The second-order valence-electron chi connectivity index (χ2n) is 5.20. The maximum Gasteiger partial charge on any atom is 0.0397 e. The van der Waals surface area contributed by atoms with Gasteiger partial charge in [-0.1, -0.05) is 25.5 Å². The smallest absolute Gasteiger partial charge is 0.0397 e. The number of fused-ring (bicyclic) bond motifs is 1. The number of rotatable bonds is 1. The van der Waals surface area contributed by atoms with Gasteiger partial charge in [0.05, 0.1) is 0 Å². The highest BCUT2D eigenvalue weighted by Crippen LogP contribution is 2.53. The summed E-state index contributed by atoms with van der Waals surface area (Å²) in [5.74, 6) is 2.44. The van der Waals surface area contributed by atoms with Crippen molar-refractivity contribution in [1.29, 1.82) is 0 Å². The lowest BCUT2D eigenvalue weighted by Gasteiger charge is -2.31. The van der Waals surface area contributed by atoms with Crippen LogP contribution in [0.2, 0.25) is 0 Å². The molecule has 2 N–H and O–H groups in total. The molecule has 0 aromatic carbocycles. The lowest BCUT2D eigenvalue weighted by Crippen LogP contribution is -2.44. The van der Waals surface area contributed by atoms with E-state index in [0.29, 0.717) is 0 Å². The maximum absolute atomic E-state index is 6.48. The van der Waals surface area contributed by atoms with E-state index in [0.717, 1.165) is 24.2 Å². The highest BCUT2D eigenvalue weighted by molar-refractivity contribution is 5.21. The second-order valence-corrected chi connectivity index (χ2v) is 5.20. The summed E-state index contributed by atoms with van der Waals surface area (Å²) in [5, 5.41) is 0. The van der Waals surface area contributed by atoms with E-state index < -0.39 is 0 Å². The predicted molar refractivity (Wildman–Crippen MR) is 56.3 cm³/mol. The minimum Gasteiger partial charge on any atom is -0.321 e. The van der Waals surface area contributed by atoms with Gasteiger partial charge in [0.15, 0.2) is 0 Å². The zero-order chi connectivity index (χ0) is 9.64. The normalized spacial score (nSPS) is 49.3. The van der Waals surface area contributed by atoms with Gasteiger partial charge in [-0.25, -0.2) is 0 Å². The molecule has 1 nitrogen and oxygen atoms in total. The Morgan fingerprint density at radius 3 is 2.77 bits per heavy atom. The summed E-state index contributed by atoms with van der Waals surface area (Å²) in [4.78, 5) is 0. The third-order valence-corrected chi connectivity index (χ3v) is 4.42. The lowest BCUT2D eigenvalue weighted by atomic mass is 9.80. The number of nitrogens with two attached hydrogens (primary N) is 1. The summed E-state index contributed by atoms with van der Waals surface area (Å²) in [5.41, 5.74) is 7.65. The van der Waals surface area contributed by atoms with Gasteiger partial charge >= 0.3 is 0 Å². The van der Waals surface area contributed by atoms with Crippen LogP contribution in [0.3, 0.4) is 0 Å². The quantitative estimate of drug-likeness (QED) is 0.615. The van der Waals surface area contributed by atoms with E-state index in [1.807, 2.05) is 0 Å². The van der Waals surface area contributed by atoms with Crippen LogP contribution in [-0.2, 0) is 0 Å². The Labute approximate surface area is 81.4 Å². The first-order valence-electron chi connectivity index (χ1n) is 5.50. The monoisotopic (exact) mass is 179 g/mol. The fourth-order valence-corrected chi connectivity index (χ4v) is 3.64. The van der Waals surface area contributed by atoms with Crippen molar-refractivity contribution in [2.75, 3.05) is 0 Å². The Balaban J connectivity index is 2.28. The van der Waals surface area contributed by atoms with Crippen molar-refractivity contribution in [2.45, 2.75) is 45.1 Å². The van der Waals surface area contributed by atoms with Gasteiger partial charge in [0.1, 0.15) is 0 Å². The molecule has 74 valence electrons. The van der Waals surface area contributed by atoms with Crippen LogP contribution < -0.4 is 5.73 Å².